The second kappa shape index (κ2) is 10.6. The van der Waals surface area contributed by atoms with Crippen molar-refractivity contribution in [1.82, 2.24) is 16.0 Å². The molecule has 0 aliphatic carbocycles. The molecule has 0 heterocycles. The number of carbonyl (C=O) groups is 1. The van der Waals surface area contributed by atoms with Gasteiger partial charge in [0.1, 0.15) is 5.82 Å². The smallest absolute Gasteiger partial charge is 0.239 e. The van der Waals surface area contributed by atoms with Crippen molar-refractivity contribution in [3.05, 3.63) is 71.0 Å². The van der Waals surface area contributed by atoms with Gasteiger partial charge < -0.3 is 16.0 Å². The molecule has 0 spiro atoms. The van der Waals surface area contributed by atoms with Gasteiger partial charge in [-0.1, -0.05) is 36.4 Å². The van der Waals surface area contributed by atoms with Gasteiger partial charge in [-0.15, -0.1) is 0 Å². The van der Waals surface area contributed by atoms with Crippen LogP contribution in [0, 0.1) is 5.82 Å². The van der Waals surface area contributed by atoms with Gasteiger partial charge in [0.25, 0.3) is 0 Å². The first-order valence-corrected chi connectivity index (χ1v) is 11.0. The van der Waals surface area contributed by atoms with E-state index >= 15 is 0 Å². The van der Waals surface area contributed by atoms with Crippen LogP contribution in [0.1, 0.15) is 16.7 Å². The second-order valence-corrected chi connectivity index (χ2v) is 8.66. The molecule has 0 saturated carbocycles. The van der Waals surface area contributed by atoms with Crippen LogP contribution in [0.3, 0.4) is 0 Å². The Kier molecular flexibility index (Phi) is 8.14. The molecule has 3 N–H and O–H groups in total. The number of hydrogen-bond donors (Lipinski definition) is 3. The molecule has 0 aliphatic heterocycles. The fraction of sp³-hybridized carbons (Fsp3) is 0.300. The summed E-state index contributed by atoms with van der Waals surface area (Å²) in [5.41, 5.74) is 2.01. The zero-order valence-electron chi connectivity index (χ0n) is 16.4. The lowest BCUT2D eigenvalue weighted by Crippen LogP contribution is -2.42. The van der Waals surface area contributed by atoms with Crippen LogP contribution in [-0.4, -0.2) is 40.1 Å². The van der Waals surface area contributed by atoms with E-state index < -0.39 is 15.7 Å². The topological polar surface area (TPSA) is 99.7 Å². The molecule has 2 rings (SSSR count). The number of nitrogens with one attached hydrogen (secondary N) is 3. The number of benzene rings is 2. The molecule has 7 nitrogen and oxygen atoms in total. The highest BCUT2D eigenvalue weighted by Gasteiger charge is 2.11. The van der Waals surface area contributed by atoms with Crippen LogP contribution in [-0.2, 0) is 33.5 Å². The van der Waals surface area contributed by atoms with Gasteiger partial charge in [0.05, 0.1) is 12.3 Å². The van der Waals surface area contributed by atoms with Crippen LogP contribution in [0.15, 0.2) is 53.5 Å². The van der Waals surface area contributed by atoms with Crippen LogP contribution in [0.5, 0.6) is 0 Å². The van der Waals surface area contributed by atoms with Gasteiger partial charge in [0, 0.05) is 26.4 Å². The molecule has 9 heteroatoms. The highest BCUT2D eigenvalue weighted by atomic mass is 32.2. The maximum atomic E-state index is 13.6. The maximum Gasteiger partial charge on any atom is 0.239 e. The van der Waals surface area contributed by atoms with Crippen molar-refractivity contribution in [2.75, 3.05) is 19.8 Å². The van der Waals surface area contributed by atoms with Crippen molar-refractivity contribution in [3.63, 3.8) is 0 Å². The average Bonchev–Trinajstić information content (AvgIpc) is 2.68. The Balaban J connectivity index is 1.87. The van der Waals surface area contributed by atoms with Gasteiger partial charge in [-0.2, -0.15) is 0 Å². The lowest BCUT2D eigenvalue weighted by Gasteiger charge is -2.14. The minimum atomic E-state index is -3.26. The summed E-state index contributed by atoms with van der Waals surface area (Å²) in [5, 5.41) is 8.63. The third-order valence-corrected chi connectivity index (χ3v) is 4.84. The Morgan fingerprint density at radius 1 is 1.00 bits per heavy atom. The standard InChI is InChI=1S/C20H25FN4O3S/c1-22-20(25-13-19(26)23-11-15-6-4-3-5-7-15)24-12-17-10-18(21)9-8-16(17)14-29(2,27)28/h3-10H,11-14H2,1-2H3,(H,23,26)(H2,22,24,25). The Bertz CT molecular complexity index is 963. The minimum Gasteiger partial charge on any atom is -0.352 e. The third-order valence-electron chi connectivity index (χ3n) is 4.00. The maximum absolute atomic E-state index is 13.6. The summed E-state index contributed by atoms with van der Waals surface area (Å²) in [5.74, 6) is -0.505. The van der Waals surface area contributed by atoms with Gasteiger partial charge in [-0.05, 0) is 28.8 Å². The van der Waals surface area contributed by atoms with E-state index in [0.717, 1.165) is 11.8 Å². The van der Waals surface area contributed by atoms with E-state index in [9.17, 15) is 17.6 Å². The fourth-order valence-corrected chi connectivity index (χ4v) is 3.45. The molecule has 156 valence electrons. The summed E-state index contributed by atoms with van der Waals surface area (Å²) in [4.78, 5) is 16.0. The van der Waals surface area contributed by atoms with E-state index in [0.29, 0.717) is 23.6 Å². The summed E-state index contributed by atoms with van der Waals surface area (Å²) in [6.07, 6.45) is 1.13. The minimum absolute atomic E-state index is 0.00581. The van der Waals surface area contributed by atoms with Gasteiger partial charge in [-0.25, -0.2) is 12.8 Å². The van der Waals surface area contributed by atoms with Gasteiger partial charge in [0.15, 0.2) is 15.8 Å². The SMILES string of the molecule is CN=C(NCC(=O)NCc1ccccc1)NCc1cc(F)ccc1CS(C)(=O)=O. The number of guanidine groups is 1. The van der Waals surface area contributed by atoms with E-state index in [4.69, 9.17) is 0 Å². The normalized spacial score (nSPS) is 11.8. The van der Waals surface area contributed by atoms with Gasteiger partial charge in [0.2, 0.25) is 5.91 Å². The second-order valence-electron chi connectivity index (χ2n) is 6.52. The lowest BCUT2D eigenvalue weighted by molar-refractivity contribution is -0.120. The molecule has 0 fully saturated rings. The van der Waals surface area contributed by atoms with Crippen molar-refractivity contribution in [3.8, 4) is 0 Å². The van der Waals surface area contributed by atoms with E-state index in [-0.39, 0.29) is 24.7 Å². The molecule has 29 heavy (non-hydrogen) atoms. The number of sulfone groups is 1. The Hall–Kier alpha value is -2.94. The van der Waals surface area contributed by atoms with Crippen molar-refractivity contribution < 1.29 is 17.6 Å². The van der Waals surface area contributed by atoms with Crippen molar-refractivity contribution in [2.45, 2.75) is 18.8 Å². The zero-order valence-corrected chi connectivity index (χ0v) is 17.2. The number of rotatable bonds is 8. The number of amides is 1. The molecule has 1 amide bonds. The molecule has 0 radical (unpaired) electrons. The summed E-state index contributed by atoms with van der Waals surface area (Å²) in [7, 11) is -1.71. The predicted molar refractivity (Wildman–Crippen MR) is 111 cm³/mol. The summed E-state index contributed by atoms with van der Waals surface area (Å²) in [6, 6.07) is 13.5. The number of halogens is 1. The summed E-state index contributed by atoms with van der Waals surface area (Å²) in [6.45, 7) is 0.589. The molecule has 2 aromatic rings. The van der Waals surface area contributed by atoms with Gasteiger partial charge in [-0.3, -0.25) is 9.79 Å². The van der Waals surface area contributed by atoms with Crippen LogP contribution in [0.4, 0.5) is 4.39 Å². The number of aliphatic imine (C=N–C) groups is 1. The number of hydrogen-bond acceptors (Lipinski definition) is 4. The van der Waals surface area contributed by atoms with Crippen molar-refractivity contribution >= 4 is 21.7 Å². The molecule has 2 aromatic carbocycles. The molecule has 0 atom stereocenters. The Morgan fingerprint density at radius 3 is 2.38 bits per heavy atom. The monoisotopic (exact) mass is 420 g/mol. The summed E-state index contributed by atoms with van der Waals surface area (Å²) >= 11 is 0. The van der Waals surface area contributed by atoms with E-state index in [1.165, 1.54) is 18.2 Å². The summed E-state index contributed by atoms with van der Waals surface area (Å²) < 4.78 is 36.7. The fourth-order valence-electron chi connectivity index (χ4n) is 2.60. The molecule has 0 unspecified atom stereocenters. The molecule has 0 aliphatic rings. The molecular weight excluding hydrogens is 395 g/mol. The first-order valence-electron chi connectivity index (χ1n) is 8.97. The quantitative estimate of drug-likeness (QED) is 0.442. The average molecular weight is 421 g/mol. The predicted octanol–water partition coefficient (Wildman–Crippen LogP) is 1.35. The van der Waals surface area contributed by atoms with Crippen LogP contribution < -0.4 is 16.0 Å². The molecule has 0 bridgehead atoms. The molecular formula is C20H25FN4O3S. The van der Waals surface area contributed by atoms with Crippen LogP contribution in [0.25, 0.3) is 0 Å². The first kappa shape index (κ1) is 22.4. The molecule has 0 saturated heterocycles. The number of nitrogens with zero attached hydrogens (tertiary/aromatic N) is 1. The lowest BCUT2D eigenvalue weighted by atomic mass is 10.1. The highest BCUT2D eigenvalue weighted by Crippen LogP contribution is 2.14. The molecule has 0 aromatic heterocycles. The van der Waals surface area contributed by atoms with E-state index in [1.807, 2.05) is 30.3 Å². The van der Waals surface area contributed by atoms with E-state index in [1.54, 1.807) is 7.05 Å². The van der Waals surface area contributed by atoms with Crippen molar-refractivity contribution in [2.24, 2.45) is 4.99 Å². The van der Waals surface area contributed by atoms with Crippen LogP contribution >= 0.6 is 0 Å². The largest absolute Gasteiger partial charge is 0.352 e. The van der Waals surface area contributed by atoms with Gasteiger partial charge >= 0.3 is 0 Å². The highest BCUT2D eigenvalue weighted by molar-refractivity contribution is 7.89. The Labute approximate surface area is 170 Å². The third kappa shape index (κ3) is 8.30. The first-order chi connectivity index (χ1) is 13.8. The zero-order chi connectivity index (χ0) is 21.3. The van der Waals surface area contributed by atoms with E-state index in [2.05, 4.69) is 20.9 Å². The number of carbonyl (C=O) groups excluding carboxylic acids is 1. The Morgan fingerprint density at radius 2 is 1.72 bits per heavy atom. The van der Waals surface area contributed by atoms with Crippen molar-refractivity contribution in [1.29, 1.82) is 0 Å². The van der Waals surface area contributed by atoms with Crippen LogP contribution in [0.2, 0.25) is 0 Å².